The van der Waals surface area contributed by atoms with Crippen LogP contribution >= 0.6 is 0 Å². The van der Waals surface area contributed by atoms with Gasteiger partial charge in [-0.25, -0.2) is 12.7 Å². The highest BCUT2D eigenvalue weighted by molar-refractivity contribution is 7.90. The van der Waals surface area contributed by atoms with Gasteiger partial charge in [0.25, 0.3) is 0 Å². The molecule has 0 heterocycles. The Balaban J connectivity index is 2.82. The summed E-state index contributed by atoms with van der Waals surface area (Å²) in [5.74, 6) is 0. The van der Waals surface area contributed by atoms with E-state index >= 15 is 0 Å². The Morgan fingerprint density at radius 3 is 2.17 bits per heavy atom. The second-order valence-corrected chi connectivity index (χ2v) is 5.95. The van der Waals surface area contributed by atoms with Gasteiger partial charge in [-0.15, -0.1) is 0 Å². The van der Waals surface area contributed by atoms with Crippen LogP contribution in [0.3, 0.4) is 0 Å². The summed E-state index contributed by atoms with van der Waals surface area (Å²) in [6.45, 7) is 0.313. The largest absolute Gasteiger partial charge is 0.383 e. The fraction of sp³-hybridized carbons (Fsp3) is 1.00. The van der Waals surface area contributed by atoms with Crippen LogP contribution in [0.25, 0.3) is 0 Å². The molecule has 0 aromatic heterocycles. The van der Waals surface area contributed by atoms with Gasteiger partial charge in [0.05, 0.1) is 6.61 Å². The fourth-order valence-corrected chi connectivity index (χ4v) is 2.93. The van der Waals surface area contributed by atoms with Gasteiger partial charge in [0.1, 0.15) is 4.75 Å². The van der Waals surface area contributed by atoms with Gasteiger partial charge in [-0.05, 0) is 12.8 Å². The number of sulfonamides is 1. The van der Waals surface area contributed by atoms with Gasteiger partial charge in [0.2, 0.25) is 10.0 Å². The highest BCUT2D eigenvalue weighted by atomic mass is 32.2. The molecular formula is C7H15NO3S. The minimum Gasteiger partial charge on any atom is -0.383 e. The van der Waals surface area contributed by atoms with Crippen molar-refractivity contribution in [2.75, 3.05) is 27.8 Å². The molecule has 0 N–H and O–H groups in total. The van der Waals surface area contributed by atoms with Gasteiger partial charge in [-0.3, -0.25) is 0 Å². The summed E-state index contributed by atoms with van der Waals surface area (Å²) in [6.07, 6.45) is 1.45. The maximum atomic E-state index is 11.7. The van der Waals surface area contributed by atoms with Crippen molar-refractivity contribution in [3.63, 3.8) is 0 Å². The van der Waals surface area contributed by atoms with Crippen LogP contribution in [0.1, 0.15) is 12.8 Å². The van der Waals surface area contributed by atoms with E-state index in [1.54, 1.807) is 14.1 Å². The normalized spacial score (nSPS) is 21.3. The summed E-state index contributed by atoms with van der Waals surface area (Å²) >= 11 is 0. The third-order valence-electron chi connectivity index (χ3n) is 2.24. The smallest absolute Gasteiger partial charge is 0.221 e. The van der Waals surface area contributed by atoms with Crippen molar-refractivity contribution in [3.05, 3.63) is 0 Å². The highest BCUT2D eigenvalue weighted by Crippen LogP contribution is 2.44. The van der Waals surface area contributed by atoms with Crippen molar-refractivity contribution in [3.8, 4) is 0 Å². The molecule has 72 valence electrons. The van der Waals surface area contributed by atoms with E-state index < -0.39 is 14.8 Å². The molecular weight excluding hydrogens is 178 g/mol. The summed E-state index contributed by atoms with van der Waals surface area (Å²) < 4.78 is 28.9. The van der Waals surface area contributed by atoms with Gasteiger partial charge in [-0.2, -0.15) is 0 Å². The standard InChI is InChI=1S/C7H15NO3S/c1-8(2)12(9,10)7(4-5-7)6-11-3/h4-6H2,1-3H3. The van der Waals surface area contributed by atoms with E-state index in [2.05, 4.69) is 0 Å². The topological polar surface area (TPSA) is 46.6 Å². The SMILES string of the molecule is COCC1(S(=O)(=O)N(C)C)CC1. The van der Waals surface area contributed by atoms with Crippen LogP contribution < -0.4 is 0 Å². The van der Waals surface area contributed by atoms with Crippen LogP contribution in [-0.2, 0) is 14.8 Å². The van der Waals surface area contributed by atoms with Crippen LogP contribution in [0.4, 0.5) is 0 Å². The predicted molar refractivity (Wildman–Crippen MR) is 46.4 cm³/mol. The van der Waals surface area contributed by atoms with Crippen LogP contribution in [0, 0.1) is 0 Å². The lowest BCUT2D eigenvalue weighted by Gasteiger charge is -2.19. The molecule has 0 aromatic carbocycles. The van der Waals surface area contributed by atoms with Gasteiger partial charge in [0.15, 0.2) is 0 Å². The average Bonchev–Trinajstić information content (AvgIpc) is 2.70. The van der Waals surface area contributed by atoms with Gasteiger partial charge < -0.3 is 4.74 Å². The number of hydrogen-bond donors (Lipinski definition) is 0. The maximum absolute atomic E-state index is 11.7. The lowest BCUT2D eigenvalue weighted by atomic mass is 10.4. The molecule has 0 amide bonds. The van der Waals surface area contributed by atoms with Gasteiger partial charge in [-0.1, -0.05) is 0 Å². The molecule has 1 rings (SSSR count). The summed E-state index contributed by atoms with van der Waals surface area (Å²) in [4.78, 5) is 0. The second kappa shape index (κ2) is 2.97. The lowest BCUT2D eigenvalue weighted by molar-refractivity contribution is 0.190. The molecule has 0 aliphatic heterocycles. The van der Waals surface area contributed by atoms with Crippen LogP contribution in [-0.4, -0.2) is 45.3 Å². The monoisotopic (exact) mass is 193 g/mol. The zero-order valence-electron chi connectivity index (χ0n) is 7.70. The first-order valence-electron chi connectivity index (χ1n) is 3.87. The summed E-state index contributed by atoms with van der Waals surface area (Å²) in [6, 6.07) is 0. The molecule has 0 unspecified atom stereocenters. The van der Waals surface area contributed by atoms with E-state index in [0.29, 0.717) is 6.61 Å². The zero-order chi connectivity index (χ0) is 9.41. The Morgan fingerprint density at radius 2 is 1.92 bits per heavy atom. The number of nitrogens with zero attached hydrogens (tertiary/aromatic N) is 1. The molecule has 4 nitrogen and oxygen atoms in total. The summed E-state index contributed by atoms with van der Waals surface area (Å²) in [5, 5.41) is 0. The third kappa shape index (κ3) is 1.36. The lowest BCUT2D eigenvalue weighted by Crippen LogP contribution is -2.38. The van der Waals surface area contributed by atoms with Crippen LogP contribution in [0.15, 0.2) is 0 Å². The van der Waals surface area contributed by atoms with E-state index in [0.717, 1.165) is 12.8 Å². The zero-order valence-corrected chi connectivity index (χ0v) is 8.52. The second-order valence-electron chi connectivity index (χ2n) is 3.40. The Bertz CT molecular complexity index is 254. The number of methoxy groups -OCH3 is 1. The molecule has 0 bridgehead atoms. The fourth-order valence-electron chi connectivity index (χ4n) is 1.27. The molecule has 1 aliphatic carbocycles. The molecule has 1 saturated carbocycles. The Morgan fingerprint density at radius 1 is 1.42 bits per heavy atom. The van der Waals surface area contributed by atoms with E-state index in [1.165, 1.54) is 11.4 Å². The molecule has 5 heteroatoms. The first-order valence-corrected chi connectivity index (χ1v) is 5.31. The Hall–Kier alpha value is -0.130. The van der Waals surface area contributed by atoms with E-state index in [1.807, 2.05) is 0 Å². The van der Waals surface area contributed by atoms with E-state index in [-0.39, 0.29) is 0 Å². The summed E-state index contributed by atoms with van der Waals surface area (Å²) in [5.41, 5.74) is 0. The number of hydrogen-bond acceptors (Lipinski definition) is 3. The molecule has 1 aliphatic rings. The first kappa shape index (κ1) is 9.95. The molecule has 0 atom stereocenters. The van der Waals surface area contributed by atoms with E-state index in [9.17, 15) is 8.42 Å². The van der Waals surface area contributed by atoms with Crippen molar-refractivity contribution < 1.29 is 13.2 Å². The number of rotatable bonds is 4. The Kier molecular flexibility index (Phi) is 2.47. The number of ether oxygens (including phenoxy) is 1. The minimum atomic E-state index is -3.12. The first-order chi connectivity index (χ1) is 5.46. The van der Waals surface area contributed by atoms with Crippen molar-refractivity contribution in [1.29, 1.82) is 0 Å². The van der Waals surface area contributed by atoms with Crippen LogP contribution in [0.5, 0.6) is 0 Å². The minimum absolute atomic E-state index is 0.313. The molecule has 1 fully saturated rings. The highest BCUT2D eigenvalue weighted by Gasteiger charge is 2.55. The quantitative estimate of drug-likeness (QED) is 0.634. The maximum Gasteiger partial charge on any atom is 0.221 e. The molecule has 0 radical (unpaired) electrons. The van der Waals surface area contributed by atoms with Gasteiger partial charge in [0, 0.05) is 21.2 Å². The van der Waals surface area contributed by atoms with Crippen molar-refractivity contribution in [2.45, 2.75) is 17.6 Å². The molecule has 0 aromatic rings. The van der Waals surface area contributed by atoms with Crippen molar-refractivity contribution >= 4 is 10.0 Å². The summed E-state index contributed by atoms with van der Waals surface area (Å²) in [7, 11) is 1.54. The predicted octanol–water partition coefficient (Wildman–Crippen LogP) is 0.0568. The van der Waals surface area contributed by atoms with Crippen molar-refractivity contribution in [2.24, 2.45) is 0 Å². The van der Waals surface area contributed by atoms with Crippen molar-refractivity contribution in [1.82, 2.24) is 4.31 Å². The Labute approximate surface area is 73.6 Å². The average molecular weight is 193 g/mol. The molecule has 0 spiro atoms. The molecule has 0 saturated heterocycles. The van der Waals surface area contributed by atoms with Gasteiger partial charge >= 0.3 is 0 Å². The third-order valence-corrected chi connectivity index (χ3v) is 4.82. The molecule has 12 heavy (non-hydrogen) atoms. The van der Waals surface area contributed by atoms with E-state index in [4.69, 9.17) is 4.74 Å². The van der Waals surface area contributed by atoms with Crippen LogP contribution in [0.2, 0.25) is 0 Å².